The van der Waals surface area contributed by atoms with Crippen molar-refractivity contribution in [1.29, 1.82) is 0 Å². The lowest BCUT2D eigenvalue weighted by Crippen LogP contribution is -2.07. The van der Waals surface area contributed by atoms with E-state index in [-0.39, 0.29) is 5.69 Å². The fraction of sp³-hybridized carbons (Fsp3) is 0.409. The average molecular weight is 522 g/mol. The standard InChI is InChI=1S/C8H9N3OS.C7H9ClN2O.C7H10N2O2/c1-3-11-7(4-6(2)10-11)8(12)9-5-13;1-3-10-6(7(8)11)4-5(2)9-10;1-3-9-6(7(10)11)4-5(2)8-9/h4H,3H2,1-2H3;4H,3H2,1-2H3;4H,3H2,1-2H3,(H,10,11). The van der Waals surface area contributed by atoms with E-state index in [0.717, 1.165) is 17.1 Å². The third-order valence-corrected chi connectivity index (χ3v) is 4.68. The molecule has 3 aromatic heterocycles. The summed E-state index contributed by atoms with van der Waals surface area (Å²) in [5.74, 6) is -1.31. The quantitative estimate of drug-likeness (QED) is 0.292. The molecule has 1 amide bonds. The van der Waals surface area contributed by atoms with Gasteiger partial charge in [-0.2, -0.15) is 20.3 Å². The number of aryl methyl sites for hydroxylation is 6. The molecule has 0 spiro atoms. The first-order chi connectivity index (χ1) is 16.5. The van der Waals surface area contributed by atoms with Gasteiger partial charge in [0.05, 0.1) is 22.2 Å². The summed E-state index contributed by atoms with van der Waals surface area (Å²) in [6.07, 6.45) is 0. The minimum absolute atomic E-state index is 0.255. The maximum absolute atomic E-state index is 11.3. The summed E-state index contributed by atoms with van der Waals surface area (Å²) in [6.45, 7) is 13.0. The molecule has 0 aliphatic carbocycles. The van der Waals surface area contributed by atoms with Gasteiger partial charge in [0.15, 0.2) is 0 Å². The molecule has 0 saturated carbocycles. The van der Waals surface area contributed by atoms with Crippen molar-refractivity contribution in [2.24, 2.45) is 4.99 Å². The van der Waals surface area contributed by atoms with Crippen LogP contribution in [-0.2, 0) is 19.6 Å². The number of carbonyl (C=O) groups excluding carboxylic acids is 2. The second kappa shape index (κ2) is 14.1. The summed E-state index contributed by atoms with van der Waals surface area (Å²) < 4.78 is 4.65. The molecule has 188 valence electrons. The summed E-state index contributed by atoms with van der Waals surface area (Å²) >= 11 is 9.65. The molecule has 0 radical (unpaired) electrons. The minimum atomic E-state index is -0.924. The number of aromatic nitrogens is 6. The van der Waals surface area contributed by atoms with Gasteiger partial charge >= 0.3 is 11.9 Å². The molecule has 11 nitrogen and oxygen atoms in total. The van der Waals surface area contributed by atoms with E-state index in [1.54, 1.807) is 34.5 Å². The Labute approximate surface area is 213 Å². The van der Waals surface area contributed by atoms with Crippen LogP contribution in [0.5, 0.6) is 0 Å². The van der Waals surface area contributed by atoms with Gasteiger partial charge in [0.2, 0.25) is 0 Å². The van der Waals surface area contributed by atoms with Crippen molar-refractivity contribution in [3.05, 3.63) is 52.4 Å². The number of isothiocyanates is 1. The number of carboxylic acid groups (broad SMARTS) is 1. The van der Waals surface area contributed by atoms with E-state index >= 15 is 0 Å². The van der Waals surface area contributed by atoms with Crippen LogP contribution in [0.15, 0.2) is 23.2 Å². The number of hydrogen-bond donors (Lipinski definition) is 1. The van der Waals surface area contributed by atoms with E-state index in [2.05, 4.69) is 32.5 Å². The monoisotopic (exact) mass is 521 g/mol. The number of carbonyl (C=O) groups is 3. The number of carboxylic acids is 1. The Balaban J connectivity index is 0.000000264. The summed E-state index contributed by atoms with van der Waals surface area (Å²) in [7, 11) is 0. The van der Waals surface area contributed by atoms with Crippen LogP contribution in [0.25, 0.3) is 0 Å². The SMILES string of the molecule is CCn1nc(C)cc1C(=O)Cl.CCn1nc(C)cc1C(=O)N=C=S.CCn1nc(C)cc1C(=O)O. The summed E-state index contributed by atoms with van der Waals surface area (Å²) in [6, 6.07) is 4.92. The number of hydrogen-bond acceptors (Lipinski definition) is 7. The Morgan fingerprint density at radius 1 is 0.857 bits per heavy atom. The molecule has 0 bridgehead atoms. The van der Waals surface area contributed by atoms with Crippen LogP contribution >= 0.6 is 23.8 Å². The van der Waals surface area contributed by atoms with Crippen molar-refractivity contribution < 1.29 is 19.5 Å². The van der Waals surface area contributed by atoms with Crippen molar-refractivity contribution in [2.75, 3.05) is 0 Å². The van der Waals surface area contributed by atoms with Gasteiger partial charge in [-0.25, -0.2) is 4.79 Å². The van der Waals surface area contributed by atoms with Gasteiger partial charge < -0.3 is 5.11 Å². The van der Waals surface area contributed by atoms with Crippen LogP contribution < -0.4 is 0 Å². The summed E-state index contributed by atoms with van der Waals surface area (Å²) in [5, 5.41) is 22.4. The number of rotatable bonds is 6. The number of halogens is 1. The molecule has 3 heterocycles. The van der Waals surface area contributed by atoms with Crippen molar-refractivity contribution >= 4 is 46.1 Å². The third kappa shape index (κ3) is 8.67. The van der Waals surface area contributed by atoms with E-state index in [4.69, 9.17) is 16.7 Å². The maximum Gasteiger partial charge on any atom is 0.354 e. The molecule has 0 aromatic carbocycles. The molecule has 3 rings (SSSR count). The molecule has 0 fully saturated rings. The highest BCUT2D eigenvalue weighted by atomic mass is 35.5. The lowest BCUT2D eigenvalue weighted by Gasteiger charge is -1.97. The molecule has 0 aliphatic rings. The molecular weight excluding hydrogens is 494 g/mol. The summed E-state index contributed by atoms with van der Waals surface area (Å²) in [4.78, 5) is 35.9. The first-order valence-electron chi connectivity index (χ1n) is 10.7. The Morgan fingerprint density at radius 3 is 1.54 bits per heavy atom. The number of aromatic carboxylic acids is 1. The topological polar surface area (TPSA) is 137 Å². The number of thiocarbonyl (C=S) groups is 1. The molecule has 3 aromatic rings. The Morgan fingerprint density at radius 2 is 1.23 bits per heavy atom. The molecule has 0 atom stereocenters. The van der Waals surface area contributed by atoms with Crippen molar-refractivity contribution in [2.45, 2.75) is 61.2 Å². The Kier molecular flexibility index (Phi) is 11.9. The Hall–Kier alpha value is -3.47. The molecule has 13 heteroatoms. The zero-order chi connectivity index (χ0) is 26.7. The molecular formula is C22H28ClN7O4S. The van der Waals surface area contributed by atoms with Crippen molar-refractivity contribution in [1.82, 2.24) is 29.3 Å². The van der Waals surface area contributed by atoms with Crippen LogP contribution in [0.4, 0.5) is 0 Å². The van der Waals surface area contributed by atoms with Gasteiger partial charge in [0, 0.05) is 19.6 Å². The number of aliphatic imine (C=N–C) groups is 1. The highest BCUT2D eigenvalue weighted by Crippen LogP contribution is 2.07. The molecule has 0 aliphatic heterocycles. The third-order valence-electron chi connectivity index (χ3n) is 4.39. The van der Waals surface area contributed by atoms with E-state index in [1.165, 1.54) is 4.68 Å². The van der Waals surface area contributed by atoms with E-state index in [1.807, 2.05) is 39.8 Å². The van der Waals surface area contributed by atoms with Gasteiger partial charge in [-0.15, -0.1) is 0 Å². The fourth-order valence-corrected chi connectivity index (χ4v) is 3.20. The van der Waals surface area contributed by atoms with Gasteiger partial charge in [-0.05, 0) is 83.6 Å². The second-order valence-electron chi connectivity index (χ2n) is 7.05. The zero-order valence-corrected chi connectivity index (χ0v) is 22.0. The largest absolute Gasteiger partial charge is 0.477 e. The first kappa shape index (κ1) is 29.6. The van der Waals surface area contributed by atoms with Gasteiger partial charge in [0.1, 0.15) is 17.1 Å². The predicted octanol–water partition coefficient (Wildman–Crippen LogP) is 3.95. The van der Waals surface area contributed by atoms with E-state index in [0.29, 0.717) is 31.0 Å². The number of nitrogens with zero attached hydrogens (tertiary/aromatic N) is 7. The lowest BCUT2D eigenvalue weighted by atomic mass is 10.3. The van der Waals surface area contributed by atoms with Crippen molar-refractivity contribution in [3.8, 4) is 0 Å². The first-order valence-corrected chi connectivity index (χ1v) is 11.5. The zero-order valence-electron chi connectivity index (χ0n) is 20.4. The molecule has 0 unspecified atom stereocenters. The lowest BCUT2D eigenvalue weighted by molar-refractivity contribution is 0.0683. The summed E-state index contributed by atoms with van der Waals surface area (Å²) in [5.41, 5.74) is 3.53. The van der Waals surface area contributed by atoms with Crippen LogP contribution in [-0.4, -0.2) is 56.7 Å². The smallest absolute Gasteiger partial charge is 0.354 e. The average Bonchev–Trinajstić information content (AvgIpc) is 3.50. The van der Waals surface area contributed by atoms with E-state index < -0.39 is 17.1 Å². The predicted molar refractivity (Wildman–Crippen MR) is 134 cm³/mol. The maximum atomic E-state index is 11.3. The van der Waals surface area contributed by atoms with Crippen LogP contribution in [0.3, 0.4) is 0 Å². The molecule has 35 heavy (non-hydrogen) atoms. The van der Waals surface area contributed by atoms with E-state index in [9.17, 15) is 14.4 Å². The van der Waals surface area contributed by atoms with Crippen LogP contribution in [0.1, 0.15) is 69.3 Å². The normalized spacial score (nSPS) is 9.80. The highest BCUT2D eigenvalue weighted by molar-refractivity contribution is 7.78. The van der Waals surface area contributed by atoms with Gasteiger partial charge in [-0.3, -0.25) is 23.6 Å². The molecule has 1 N–H and O–H groups in total. The highest BCUT2D eigenvalue weighted by Gasteiger charge is 2.12. The minimum Gasteiger partial charge on any atom is -0.477 e. The van der Waals surface area contributed by atoms with Gasteiger partial charge in [0.25, 0.3) is 5.24 Å². The van der Waals surface area contributed by atoms with Crippen LogP contribution in [0, 0.1) is 20.8 Å². The second-order valence-corrected chi connectivity index (χ2v) is 7.57. The van der Waals surface area contributed by atoms with Crippen molar-refractivity contribution in [3.63, 3.8) is 0 Å². The fourth-order valence-electron chi connectivity index (χ4n) is 2.96. The molecule has 0 saturated heterocycles. The van der Waals surface area contributed by atoms with Crippen LogP contribution in [0.2, 0.25) is 0 Å². The number of amides is 1. The Bertz CT molecular complexity index is 1180. The van der Waals surface area contributed by atoms with Gasteiger partial charge in [-0.1, -0.05) is 0 Å².